The molecule has 0 unspecified atom stereocenters. The highest BCUT2D eigenvalue weighted by Gasteiger charge is 2.33. The lowest BCUT2D eigenvalue weighted by atomic mass is 10.1. The second-order valence-corrected chi connectivity index (χ2v) is 7.36. The van der Waals surface area contributed by atoms with Crippen molar-refractivity contribution in [3.05, 3.63) is 53.9 Å². The molecule has 1 aliphatic rings. The van der Waals surface area contributed by atoms with Gasteiger partial charge in [0, 0.05) is 30.7 Å². The van der Waals surface area contributed by atoms with Gasteiger partial charge in [-0.1, -0.05) is 6.07 Å². The first-order valence-electron chi connectivity index (χ1n) is 9.88. The van der Waals surface area contributed by atoms with Gasteiger partial charge in [-0.2, -0.15) is 18.4 Å². The molecule has 31 heavy (non-hydrogen) atoms. The predicted octanol–water partition coefficient (Wildman–Crippen LogP) is 4.73. The second kappa shape index (κ2) is 8.30. The fourth-order valence-corrected chi connectivity index (χ4v) is 3.69. The van der Waals surface area contributed by atoms with Crippen molar-refractivity contribution in [2.24, 2.45) is 0 Å². The van der Waals surface area contributed by atoms with Crippen LogP contribution < -0.4 is 4.74 Å². The number of alkyl halides is 3. The maximum atomic E-state index is 13.1. The standard InChI is InChI=1S/C22H19F3N4O2/c23-22(24,25)19-11-15(13-26)12-20(27-19)31-18-6-4-5-17-16(18)7-10-29(17)14-21(30)28-8-2-1-3-9-28/h4-7,10-12H,1-3,8-9,14H2. The van der Waals surface area contributed by atoms with Crippen LogP contribution in [0.2, 0.25) is 0 Å². The number of rotatable bonds is 4. The van der Waals surface area contributed by atoms with Gasteiger partial charge in [-0.3, -0.25) is 4.79 Å². The third-order valence-corrected chi connectivity index (χ3v) is 5.22. The van der Waals surface area contributed by atoms with E-state index in [4.69, 9.17) is 10.00 Å². The molecule has 1 amide bonds. The molecule has 0 atom stereocenters. The molecule has 3 aromatic rings. The summed E-state index contributed by atoms with van der Waals surface area (Å²) in [4.78, 5) is 18.0. The number of amides is 1. The van der Waals surface area contributed by atoms with E-state index in [9.17, 15) is 18.0 Å². The average molecular weight is 428 g/mol. The number of carbonyl (C=O) groups excluding carboxylic acids is 1. The van der Waals surface area contributed by atoms with Crippen LogP contribution in [0.25, 0.3) is 10.9 Å². The van der Waals surface area contributed by atoms with Crippen molar-refractivity contribution >= 4 is 16.8 Å². The number of aromatic nitrogens is 2. The lowest BCUT2D eigenvalue weighted by Crippen LogP contribution is -2.37. The Balaban J connectivity index is 1.61. The van der Waals surface area contributed by atoms with Gasteiger partial charge in [-0.15, -0.1) is 0 Å². The van der Waals surface area contributed by atoms with Gasteiger partial charge >= 0.3 is 6.18 Å². The van der Waals surface area contributed by atoms with E-state index in [1.54, 1.807) is 35.0 Å². The molecule has 1 aliphatic heterocycles. The average Bonchev–Trinajstić information content (AvgIpc) is 3.17. The molecular formula is C22H19F3N4O2. The summed E-state index contributed by atoms with van der Waals surface area (Å²) in [5.41, 5.74) is -0.678. The summed E-state index contributed by atoms with van der Waals surface area (Å²) in [5, 5.41) is 9.68. The lowest BCUT2D eigenvalue weighted by Gasteiger charge is -2.27. The number of piperidine rings is 1. The molecule has 1 aromatic carbocycles. The number of likely N-dealkylation sites (tertiary alicyclic amines) is 1. The van der Waals surface area contributed by atoms with Gasteiger partial charge < -0.3 is 14.2 Å². The summed E-state index contributed by atoms with van der Waals surface area (Å²) < 4.78 is 46.7. The van der Waals surface area contributed by atoms with Gasteiger partial charge in [0.05, 0.1) is 17.1 Å². The Bertz CT molecular complexity index is 1160. The van der Waals surface area contributed by atoms with Crippen molar-refractivity contribution in [1.29, 1.82) is 5.26 Å². The van der Waals surface area contributed by atoms with E-state index in [0.29, 0.717) is 11.5 Å². The zero-order valence-corrected chi connectivity index (χ0v) is 16.5. The van der Waals surface area contributed by atoms with Gasteiger partial charge in [0.1, 0.15) is 18.0 Å². The van der Waals surface area contributed by atoms with E-state index in [1.165, 1.54) is 0 Å². The van der Waals surface area contributed by atoms with Crippen LogP contribution in [0.3, 0.4) is 0 Å². The van der Waals surface area contributed by atoms with E-state index in [0.717, 1.165) is 43.9 Å². The van der Waals surface area contributed by atoms with Crippen molar-refractivity contribution in [3.63, 3.8) is 0 Å². The Hall–Kier alpha value is -3.54. The van der Waals surface area contributed by atoms with E-state index >= 15 is 0 Å². The number of ether oxygens (including phenoxy) is 1. The number of hydrogen-bond acceptors (Lipinski definition) is 4. The lowest BCUT2D eigenvalue weighted by molar-refractivity contribution is -0.141. The summed E-state index contributed by atoms with van der Waals surface area (Å²) in [6, 6.07) is 10.4. The number of benzene rings is 1. The number of halogens is 3. The summed E-state index contributed by atoms with van der Waals surface area (Å²) in [5.74, 6) is -0.00451. The summed E-state index contributed by atoms with van der Waals surface area (Å²) in [7, 11) is 0. The minimum absolute atomic E-state index is 0.0294. The van der Waals surface area contributed by atoms with Crippen LogP contribution in [-0.4, -0.2) is 33.4 Å². The van der Waals surface area contributed by atoms with Gasteiger partial charge in [-0.05, 0) is 43.5 Å². The molecule has 0 bridgehead atoms. The van der Waals surface area contributed by atoms with E-state index in [1.807, 2.05) is 11.0 Å². The quantitative estimate of drug-likeness (QED) is 0.602. The van der Waals surface area contributed by atoms with E-state index < -0.39 is 11.9 Å². The first-order chi connectivity index (χ1) is 14.8. The van der Waals surface area contributed by atoms with Crippen molar-refractivity contribution in [2.75, 3.05) is 13.1 Å². The highest BCUT2D eigenvalue weighted by Crippen LogP contribution is 2.33. The van der Waals surface area contributed by atoms with Crippen molar-refractivity contribution in [2.45, 2.75) is 32.0 Å². The number of fused-ring (bicyclic) bond motifs is 1. The summed E-state index contributed by atoms with van der Waals surface area (Å²) in [6.45, 7) is 1.69. The highest BCUT2D eigenvalue weighted by molar-refractivity contribution is 5.88. The predicted molar refractivity (Wildman–Crippen MR) is 106 cm³/mol. The van der Waals surface area contributed by atoms with Crippen LogP contribution in [0, 0.1) is 11.3 Å². The normalized spacial score (nSPS) is 14.5. The molecule has 0 saturated carbocycles. The van der Waals surface area contributed by atoms with E-state index in [-0.39, 0.29) is 29.6 Å². The zero-order chi connectivity index (χ0) is 22.0. The number of nitrogens with zero attached hydrogens (tertiary/aromatic N) is 4. The molecular weight excluding hydrogens is 409 g/mol. The molecule has 0 radical (unpaired) electrons. The third-order valence-electron chi connectivity index (χ3n) is 5.22. The van der Waals surface area contributed by atoms with Gasteiger partial charge in [-0.25, -0.2) is 4.98 Å². The summed E-state index contributed by atoms with van der Waals surface area (Å²) in [6.07, 6.45) is 0.193. The number of pyridine rings is 1. The van der Waals surface area contributed by atoms with Crippen LogP contribution in [0.4, 0.5) is 13.2 Å². The van der Waals surface area contributed by atoms with Gasteiger partial charge in [0.15, 0.2) is 0 Å². The van der Waals surface area contributed by atoms with Gasteiger partial charge in [0.25, 0.3) is 0 Å². The Morgan fingerprint density at radius 3 is 2.65 bits per heavy atom. The Labute approximate surface area is 176 Å². The molecule has 3 heterocycles. The minimum Gasteiger partial charge on any atom is -0.438 e. The largest absolute Gasteiger partial charge is 0.438 e. The van der Waals surface area contributed by atoms with Gasteiger partial charge in [0.2, 0.25) is 11.8 Å². The summed E-state index contributed by atoms with van der Waals surface area (Å²) >= 11 is 0. The molecule has 0 N–H and O–H groups in total. The van der Waals surface area contributed by atoms with Crippen LogP contribution in [0.15, 0.2) is 42.6 Å². The number of hydrogen-bond donors (Lipinski definition) is 0. The zero-order valence-electron chi connectivity index (χ0n) is 16.5. The van der Waals surface area contributed by atoms with Crippen LogP contribution in [0.1, 0.15) is 30.5 Å². The molecule has 6 nitrogen and oxygen atoms in total. The molecule has 4 rings (SSSR count). The topological polar surface area (TPSA) is 71.2 Å². The van der Waals surface area contributed by atoms with Crippen molar-refractivity contribution in [1.82, 2.24) is 14.5 Å². The Morgan fingerprint density at radius 2 is 1.94 bits per heavy atom. The molecule has 0 spiro atoms. The number of nitriles is 1. The Kier molecular flexibility index (Phi) is 5.55. The molecule has 1 saturated heterocycles. The maximum Gasteiger partial charge on any atom is 0.433 e. The Morgan fingerprint density at radius 1 is 1.16 bits per heavy atom. The fourth-order valence-electron chi connectivity index (χ4n) is 3.69. The SMILES string of the molecule is N#Cc1cc(Oc2cccc3c2ccn3CC(=O)N2CCCCC2)nc(C(F)(F)F)c1. The van der Waals surface area contributed by atoms with Crippen molar-refractivity contribution < 1.29 is 22.7 Å². The third kappa shape index (κ3) is 4.48. The van der Waals surface area contributed by atoms with Crippen LogP contribution in [0.5, 0.6) is 11.6 Å². The molecule has 9 heteroatoms. The van der Waals surface area contributed by atoms with Crippen LogP contribution in [-0.2, 0) is 17.5 Å². The second-order valence-electron chi connectivity index (χ2n) is 7.36. The smallest absolute Gasteiger partial charge is 0.433 e. The first-order valence-corrected chi connectivity index (χ1v) is 9.88. The minimum atomic E-state index is -4.70. The van der Waals surface area contributed by atoms with Crippen molar-refractivity contribution in [3.8, 4) is 17.7 Å². The fraction of sp³-hybridized carbons (Fsp3) is 0.318. The highest BCUT2D eigenvalue weighted by atomic mass is 19.4. The monoisotopic (exact) mass is 428 g/mol. The van der Waals surface area contributed by atoms with E-state index in [2.05, 4.69) is 4.98 Å². The van der Waals surface area contributed by atoms with Crippen LogP contribution >= 0.6 is 0 Å². The number of carbonyl (C=O) groups is 1. The molecule has 0 aliphatic carbocycles. The molecule has 160 valence electrons. The maximum absolute atomic E-state index is 13.1. The first kappa shape index (κ1) is 20.7. The molecule has 2 aromatic heterocycles. The molecule has 1 fully saturated rings.